The van der Waals surface area contributed by atoms with Crippen molar-refractivity contribution in [2.75, 3.05) is 6.54 Å². The first-order valence-corrected chi connectivity index (χ1v) is 5.93. The van der Waals surface area contributed by atoms with Crippen LogP contribution in [0.5, 0.6) is 0 Å². The van der Waals surface area contributed by atoms with Gasteiger partial charge in [-0.2, -0.15) is 0 Å². The van der Waals surface area contributed by atoms with Gasteiger partial charge in [0.25, 0.3) is 0 Å². The molecular weight excluding hydrogens is 208 g/mol. The molecule has 0 saturated heterocycles. The highest BCUT2D eigenvalue weighted by molar-refractivity contribution is 7.09. The van der Waals surface area contributed by atoms with E-state index in [2.05, 4.69) is 5.32 Å². The summed E-state index contributed by atoms with van der Waals surface area (Å²) in [6.07, 6.45) is 1.35. The van der Waals surface area contributed by atoms with E-state index in [0.29, 0.717) is 13.0 Å². The minimum absolute atomic E-state index is 0.0712. The van der Waals surface area contributed by atoms with Crippen LogP contribution in [0.25, 0.3) is 0 Å². The van der Waals surface area contributed by atoms with Crippen LogP contribution in [0.2, 0.25) is 0 Å². The van der Waals surface area contributed by atoms with Crippen molar-refractivity contribution < 1.29 is 4.79 Å². The number of carbonyl (C=O) groups excluding carboxylic acids is 1. The second-order valence-electron chi connectivity index (χ2n) is 4.34. The van der Waals surface area contributed by atoms with E-state index in [1.165, 1.54) is 4.88 Å². The number of amides is 1. The number of thiophene rings is 1. The van der Waals surface area contributed by atoms with Crippen molar-refractivity contribution in [2.24, 2.45) is 5.73 Å². The van der Waals surface area contributed by atoms with Gasteiger partial charge in [-0.3, -0.25) is 4.79 Å². The van der Waals surface area contributed by atoms with Crippen molar-refractivity contribution in [3.63, 3.8) is 0 Å². The van der Waals surface area contributed by atoms with Gasteiger partial charge in [0.1, 0.15) is 0 Å². The number of carbonyl (C=O) groups is 1. The average molecular weight is 226 g/mol. The van der Waals surface area contributed by atoms with Gasteiger partial charge in [-0.05, 0) is 31.7 Å². The molecule has 0 saturated carbocycles. The van der Waals surface area contributed by atoms with E-state index in [4.69, 9.17) is 5.73 Å². The lowest BCUT2D eigenvalue weighted by Crippen LogP contribution is -2.45. The molecule has 0 atom stereocenters. The summed E-state index contributed by atoms with van der Waals surface area (Å²) >= 11 is 1.68. The van der Waals surface area contributed by atoms with Crippen LogP contribution >= 0.6 is 11.3 Å². The molecule has 0 aliphatic heterocycles. The number of nitrogens with two attached hydrogens (primary N) is 1. The number of hydrogen-bond acceptors (Lipinski definition) is 3. The fourth-order valence-electron chi connectivity index (χ4n) is 1.11. The fraction of sp³-hybridized carbons (Fsp3) is 0.545. The van der Waals surface area contributed by atoms with Crippen LogP contribution in [0.15, 0.2) is 17.5 Å². The standard InChI is InChI=1S/C11H18N2OS/c1-11(2,12)8-13-10(14)6-5-9-4-3-7-15-9/h3-4,7H,5-6,8,12H2,1-2H3,(H,13,14). The third-order valence-corrected chi connectivity index (χ3v) is 2.86. The third kappa shape index (κ3) is 5.54. The molecule has 1 amide bonds. The molecule has 0 bridgehead atoms. The molecule has 0 fully saturated rings. The van der Waals surface area contributed by atoms with Gasteiger partial charge in [0, 0.05) is 23.4 Å². The van der Waals surface area contributed by atoms with Crippen molar-refractivity contribution in [2.45, 2.75) is 32.2 Å². The summed E-state index contributed by atoms with van der Waals surface area (Å²) in [5, 5.41) is 4.85. The first kappa shape index (κ1) is 12.2. The lowest BCUT2D eigenvalue weighted by molar-refractivity contribution is -0.121. The van der Waals surface area contributed by atoms with Crippen LogP contribution in [0, 0.1) is 0 Å². The fourth-order valence-corrected chi connectivity index (χ4v) is 1.82. The summed E-state index contributed by atoms with van der Waals surface area (Å²) in [4.78, 5) is 12.7. The van der Waals surface area contributed by atoms with Crippen molar-refractivity contribution >= 4 is 17.2 Å². The first-order chi connectivity index (χ1) is 6.97. The van der Waals surface area contributed by atoms with Gasteiger partial charge in [-0.15, -0.1) is 11.3 Å². The van der Waals surface area contributed by atoms with Gasteiger partial charge < -0.3 is 11.1 Å². The minimum Gasteiger partial charge on any atom is -0.354 e. The second kappa shape index (κ2) is 5.28. The van der Waals surface area contributed by atoms with E-state index in [-0.39, 0.29) is 11.4 Å². The molecule has 0 aliphatic carbocycles. The van der Waals surface area contributed by atoms with Crippen LogP contribution in [0.1, 0.15) is 25.1 Å². The lowest BCUT2D eigenvalue weighted by atomic mass is 10.1. The number of rotatable bonds is 5. The van der Waals surface area contributed by atoms with Crippen LogP contribution in [-0.4, -0.2) is 18.0 Å². The third-order valence-electron chi connectivity index (χ3n) is 1.92. The maximum absolute atomic E-state index is 11.4. The van der Waals surface area contributed by atoms with Crippen LogP contribution in [0.4, 0.5) is 0 Å². The molecule has 1 heterocycles. The summed E-state index contributed by atoms with van der Waals surface area (Å²) < 4.78 is 0. The van der Waals surface area contributed by atoms with E-state index in [0.717, 1.165) is 6.42 Å². The van der Waals surface area contributed by atoms with Gasteiger partial charge >= 0.3 is 0 Å². The van der Waals surface area contributed by atoms with E-state index < -0.39 is 0 Å². The summed E-state index contributed by atoms with van der Waals surface area (Å²) in [5.74, 6) is 0.0712. The summed E-state index contributed by atoms with van der Waals surface area (Å²) in [5.41, 5.74) is 5.43. The number of nitrogens with one attached hydrogen (secondary N) is 1. The molecule has 4 heteroatoms. The smallest absolute Gasteiger partial charge is 0.220 e. The summed E-state index contributed by atoms with van der Waals surface area (Å²) in [7, 11) is 0. The first-order valence-electron chi connectivity index (χ1n) is 5.05. The zero-order valence-corrected chi connectivity index (χ0v) is 10.1. The minimum atomic E-state index is -0.335. The zero-order valence-electron chi connectivity index (χ0n) is 9.25. The predicted octanol–water partition coefficient (Wildman–Crippen LogP) is 1.53. The van der Waals surface area contributed by atoms with Crippen molar-refractivity contribution in [1.82, 2.24) is 5.32 Å². The molecule has 3 N–H and O–H groups in total. The van der Waals surface area contributed by atoms with E-state index >= 15 is 0 Å². The maximum Gasteiger partial charge on any atom is 0.220 e. The van der Waals surface area contributed by atoms with Crippen LogP contribution in [-0.2, 0) is 11.2 Å². The summed E-state index contributed by atoms with van der Waals surface area (Å²) in [6.45, 7) is 4.31. The largest absolute Gasteiger partial charge is 0.354 e. The summed E-state index contributed by atoms with van der Waals surface area (Å²) in [6, 6.07) is 4.05. The molecule has 0 aromatic carbocycles. The Morgan fingerprint density at radius 3 is 2.87 bits per heavy atom. The highest BCUT2D eigenvalue weighted by Crippen LogP contribution is 2.10. The maximum atomic E-state index is 11.4. The average Bonchev–Trinajstić information content (AvgIpc) is 2.62. The Balaban J connectivity index is 2.20. The highest BCUT2D eigenvalue weighted by atomic mass is 32.1. The highest BCUT2D eigenvalue weighted by Gasteiger charge is 2.11. The molecule has 0 aliphatic rings. The van der Waals surface area contributed by atoms with Gasteiger partial charge in [0.2, 0.25) is 5.91 Å². The van der Waals surface area contributed by atoms with Crippen LogP contribution < -0.4 is 11.1 Å². The van der Waals surface area contributed by atoms with Gasteiger partial charge in [0.05, 0.1) is 0 Å². The molecule has 0 spiro atoms. The lowest BCUT2D eigenvalue weighted by Gasteiger charge is -2.18. The van der Waals surface area contributed by atoms with Crippen molar-refractivity contribution in [3.05, 3.63) is 22.4 Å². The Morgan fingerprint density at radius 2 is 2.33 bits per heavy atom. The van der Waals surface area contributed by atoms with Gasteiger partial charge in [-0.1, -0.05) is 6.07 Å². The molecule has 0 radical (unpaired) electrons. The molecule has 1 aromatic heterocycles. The topological polar surface area (TPSA) is 55.1 Å². The quantitative estimate of drug-likeness (QED) is 0.800. The van der Waals surface area contributed by atoms with Gasteiger partial charge in [0.15, 0.2) is 0 Å². The Bertz CT molecular complexity index is 301. The molecule has 1 aromatic rings. The van der Waals surface area contributed by atoms with Crippen LogP contribution in [0.3, 0.4) is 0 Å². The predicted molar refractivity (Wildman–Crippen MR) is 63.9 cm³/mol. The SMILES string of the molecule is CC(C)(N)CNC(=O)CCc1cccs1. The van der Waals surface area contributed by atoms with Gasteiger partial charge in [-0.25, -0.2) is 0 Å². The van der Waals surface area contributed by atoms with Crippen molar-refractivity contribution in [3.8, 4) is 0 Å². The molecule has 0 unspecified atom stereocenters. The Kier molecular flexibility index (Phi) is 4.29. The molecule has 84 valence electrons. The second-order valence-corrected chi connectivity index (χ2v) is 5.38. The molecule has 15 heavy (non-hydrogen) atoms. The Labute approximate surface area is 94.7 Å². The van der Waals surface area contributed by atoms with E-state index in [1.807, 2.05) is 31.4 Å². The van der Waals surface area contributed by atoms with Crippen molar-refractivity contribution in [1.29, 1.82) is 0 Å². The molecular formula is C11H18N2OS. The normalized spacial score (nSPS) is 11.4. The number of aryl methyl sites for hydroxylation is 1. The number of hydrogen-bond donors (Lipinski definition) is 2. The van der Waals surface area contributed by atoms with E-state index in [1.54, 1.807) is 11.3 Å². The molecule has 1 rings (SSSR count). The molecule has 3 nitrogen and oxygen atoms in total. The van der Waals surface area contributed by atoms with E-state index in [9.17, 15) is 4.79 Å². The Morgan fingerprint density at radius 1 is 1.60 bits per heavy atom. The monoisotopic (exact) mass is 226 g/mol. The zero-order chi connectivity index (χ0) is 11.3. The Hall–Kier alpha value is -0.870.